The Balaban J connectivity index is 0.000000198. The first kappa shape index (κ1) is 37.5. The molecule has 8 rings (SSSR count). The third-order valence-corrected chi connectivity index (χ3v) is 9.80. The summed E-state index contributed by atoms with van der Waals surface area (Å²) in [5.41, 5.74) is 12.0. The Labute approximate surface area is 309 Å². The van der Waals surface area contributed by atoms with Crippen LogP contribution in [0.1, 0.15) is 31.9 Å². The fourth-order valence-electron chi connectivity index (χ4n) is 6.46. The van der Waals surface area contributed by atoms with E-state index in [2.05, 4.69) is 174 Å². The van der Waals surface area contributed by atoms with Gasteiger partial charge in [0.25, 0.3) is 0 Å². The maximum atomic E-state index is 3.61. The van der Waals surface area contributed by atoms with E-state index in [1.165, 1.54) is 99.9 Å². The Morgan fingerprint density at radius 3 is 2.02 bits per heavy atom. The Bertz CT molecular complexity index is 2090. The van der Waals surface area contributed by atoms with Gasteiger partial charge in [-0.3, -0.25) is 0 Å². The van der Waals surface area contributed by atoms with Crippen molar-refractivity contribution in [3.05, 3.63) is 182 Å². The van der Waals surface area contributed by atoms with E-state index in [1.807, 2.05) is 11.8 Å². The molecule has 0 amide bonds. The second-order valence-corrected chi connectivity index (χ2v) is 13.5. The SMILES string of the molecule is CC(C)C1=CC2=C(c3cccc4ccccc34)C(C)SC2=[C-]1.Cc1cc2c(-c3ccccc3)cc(-c3ccccc3)cc2[cH-]1.[CH3-].[CH3-].[Si]=[Zr]. The van der Waals surface area contributed by atoms with Crippen LogP contribution < -0.4 is 0 Å². The molecule has 48 heavy (non-hydrogen) atoms. The minimum absolute atomic E-state index is 0. The molecular weight excluding hydrogens is 692 g/mol. The standard InChI is InChI=1S/C22H17.C21H19S.2CH3.Si.Zr/c1-16-12-20-14-19(17-8-4-2-5-9-17)15-22(21(20)13-16)18-10-6-3-7-11-18;1-13(2)16-11-19-20(12-16)22-14(3)21(19)18-10-6-8-15-7-4-5-9-17(15)18;;;;/h2-15H,1H3;4-11,13-14H,1-3H3;2*1H3;;/q4*-1;;. The molecule has 2 radical (unpaired) electrons. The molecule has 0 fully saturated rings. The van der Waals surface area contributed by atoms with Crippen molar-refractivity contribution >= 4 is 45.8 Å². The van der Waals surface area contributed by atoms with Crippen molar-refractivity contribution < 1.29 is 23.3 Å². The van der Waals surface area contributed by atoms with Crippen molar-refractivity contribution in [2.75, 3.05) is 0 Å². The molecule has 0 nitrogen and oxygen atoms in total. The maximum absolute atomic E-state index is 3.61. The van der Waals surface area contributed by atoms with E-state index in [9.17, 15) is 0 Å². The summed E-state index contributed by atoms with van der Waals surface area (Å²) in [6.45, 7) is 12.0. The molecule has 0 bridgehead atoms. The number of thioether (sulfide) groups is 1. The van der Waals surface area contributed by atoms with E-state index >= 15 is 0 Å². The number of aryl methyl sites for hydroxylation is 1. The van der Waals surface area contributed by atoms with Gasteiger partial charge in [-0.1, -0.05) is 147 Å². The number of fused-ring (bicyclic) bond motifs is 3. The summed E-state index contributed by atoms with van der Waals surface area (Å²) >= 11 is 3.30. The molecule has 0 saturated heterocycles. The van der Waals surface area contributed by atoms with Crippen molar-refractivity contribution in [1.29, 1.82) is 0 Å². The van der Waals surface area contributed by atoms with Crippen LogP contribution in [0, 0.1) is 33.8 Å². The summed E-state index contributed by atoms with van der Waals surface area (Å²) in [5.74, 6) is 0.537. The Morgan fingerprint density at radius 2 is 1.33 bits per heavy atom. The van der Waals surface area contributed by atoms with Gasteiger partial charge >= 0.3 is 30.2 Å². The first-order chi connectivity index (χ1) is 22.5. The molecule has 0 spiro atoms. The molecule has 3 heteroatoms. The van der Waals surface area contributed by atoms with Crippen LogP contribution in [0.5, 0.6) is 0 Å². The Morgan fingerprint density at radius 1 is 0.708 bits per heavy atom. The van der Waals surface area contributed by atoms with Crippen molar-refractivity contribution in [2.45, 2.75) is 32.9 Å². The third-order valence-electron chi connectivity index (χ3n) is 8.65. The van der Waals surface area contributed by atoms with Crippen LogP contribution in [-0.4, -0.2) is 12.1 Å². The van der Waals surface area contributed by atoms with Crippen molar-refractivity contribution in [2.24, 2.45) is 5.92 Å². The Hall–Kier alpha value is -3.36. The average molecular weight is 734 g/mol. The molecule has 0 saturated carbocycles. The topological polar surface area (TPSA) is 0 Å². The zero-order valence-corrected chi connectivity index (χ0v) is 33.0. The minimum atomic E-state index is 0. The van der Waals surface area contributed by atoms with Gasteiger partial charge in [-0.25, -0.2) is 6.08 Å². The number of hydrogen-bond donors (Lipinski definition) is 0. The van der Waals surface area contributed by atoms with Crippen LogP contribution in [0.25, 0.3) is 49.4 Å². The third kappa shape index (κ3) is 7.76. The van der Waals surface area contributed by atoms with E-state index in [0.29, 0.717) is 11.2 Å². The van der Waals surface area contributed by atoms with Gasteiger partial charge in [0.1, 0.15) is 0 Å². The first-order valence-corrected chi connectivity index (χ1v) is 20.8. The van der Waals surface area contributed by atoms with Crippen molar-refractivity contribution in [3.8, 4) is 22.3 Å². The quantitative estimate of drug-likeness (QED) is 0.128. The molecule has 0 N–H and O–H groups in total. The van der Waals surface area contributed by atoms with Crippen LogP contribution >= 0.6 is 11.8 Å². The number of allylic oxidation sites excluding steroid dienone is 4. The van der Waals surface area contributed by atoms with Crippen LogP contribution in [-0.2, 0) is 23.3 Å². The molecular formula is C45H42SSiZr-4. The normalized spacial score (nSPS) is 14.5. The summed E-state index contributed by atoms with van der Waals surface area (Å²) < 4.78 is 0. The predicted molar refractivity (Wildman–Crippen MR) is 211 cm³/mol. The molecule has 240 valence electrons. The van der Waals surface area contributed by atoms with Crippen molar-refractivity contribution in [1.82, 2.24) is 0 Å². The molecule has 1 heterocycles. The van der Waals surface area contributed by atoms with E-state index in [1.54, 1.807) is 0 Å². The summed E-state index contributed by atoms with van der Waals surface area (Å²) in [7, 11) is 0. The second-order valence-electron chi connectivity index (χ2n) is 12.1. The summed E-state index contributed by atoms with van der Waals surface area (Å²) in [6.07, 6.45) is 5.97. The zero-order valence-electron chi connectivity index (χ0n) is 28.8. The molecule has 1 atom stereocenters. The molecule has 2 aliphatic rings. The zero-order chi connectivity index (χ0) is 32.2. The summed E-state index contributed by atoms with van der Waals surface area (Å²) in [6, 6.07) is 45.7. The van der Waals surface area contributed by atoms with E-state index in [4.69, 9.17) is 0 Å². The van der Waals surface area contributed by atoms with E-state index in [0.717, 1.165) is 0 Å². The van der Waals surface area contributed by atoms with Gasteiger partial charge in [-0.05, 0) is 40.3 Å². The summed E-state index contributed by atoms with van der Waals surface area (Å²) in [5, 5.41) is 5.82. The fraction of sp³-hybridized carbons (Fsp3) is 0.133. The Kier molecular flexibility index (Phi) is 13.1. The molecule has 6 aromatic rings. The number of benzene rings is 5. The fourth-order valence-corrected chi connectivity index (χ4v) is 7.66. The number of hydrogen-bond acceptors (Lipinski definition) is 1. The second kappa shape index (κ2) is 16.8. The van der Waals surface area contributed by atoms with Gasteiger partial charge in [-0.2, -0.15) is 23.3 Å². The average Bonchev–Trinajstić information content (AvgIpc) is 3.77. The van der Waals surface area contributed by atoms with Crippen LogP contribution in [0.3, 0.4) is 0 Å². The van der Waals surface area contributed by atoms with Crippen LogP contribution in [0.2, 0.25) is 0 Å². The van der Waals surface area contributed by atoms with E-state index in [-0.39, 0.29) is 14.9 Å². The molecule has 1 aliphatic carbocycles. The van der Waals surface area contributed by atoms with Gasteiger partial charge in [0, 0.05) is 5.25 Å². The van der Waals surface area contributed by atoms with Gasteiger partial charge in [0.15, 0.2) is 0 Å². The van der Waals surface area contributed by atoms with Gasteiger partial charge in [-0.15, -0.1) is 45.1 Å². The first-order valence-electron chi connectivity index (χ1n) is 15.8. The van der Waals surface area contributed by atoms with Crippen LogP contribution in [0.4, 0.5) is 0 Å². The number of rotatable bonds is 4. The monoisotopic (exact) mass is 732 g/mol. The molecule has 0 aromatic heterocycles. The van der Waals surface area contributed by atoms with E-state index < -0.39 is 0 Å². The van der Waals surface area contributed by atoms with Gasteiger partial charge in [0.2, 0.25) is 0 Å². The van der Waals surface area contributed by atoms with Gasteiger partial charge < -0.3 is 14.9 Å². The molecule has 6 aromatic carbocycles. The van der Waals surface area contributed by atoms with Crippen molar-refractivity contribution in [3.63, 3.8) is 0 Å². The summed E-state index contributed by atoms with van der Waals surface area (Å²) in [4.78, 5) is 1.33. The molecule has 1 unspecified atom stereocenters. The molecule has 1 aliphatic heterocycles. The predicted octanol–water partition coefficient (Wildman–Crippen LogP) is 12.7. The van der Waals surface area contributed by atoms with Gasteiger partial charge in [0.05, 0.1) is 0 Å². The van der Waals surface area contributed by atoms with Crippen LogP contribution in [0.15, 0.2) is 150 Å².